The monoisotopic (exact) mass is 291 g/mol. The summed E-state index contributed by atoms with van der Waals surface area (Å²) >= 11 is 0. The number of aromatic carboxylic acids is 1. The summed E-state index contributed by atoms with van der Waals surface area (Å²) in [7, 11) is 0. The Balaban J connectivity index is 2.28. The second kappa shape index (κ2) is 5.33. The number of anilines is 1. The molecule has 1 amide bonds. The number of carboxylic acid groups (broad SMARTS) is 1. The Morgan fingerprint density at radius 1 is 1.05 bits per heavy atom. The molecular weight excluding hydrogens is 282 g/mol. The van der Waals surface area contributed by atoms with Crippen molar-refractivity contribution in [1.29, 1.82) is 0 Å². The summed E-state index contributed by atoms with van der Waals surface area (Å²) in [6.45, 7) is 0. The van der Waals surface area contributed by atoms with Gasteiger partial charge in [0.25, 0.3) is 11.5 Å². The fourth-order valence-corrected chi connectivity index (χ4v) is 1.57. The van der Waals surface area contributed by atoms with Gasteiger partial charge in [0.1, 0.15) is 0 Å². The Morgan fingerprint density at radius 2 is 1.67 bits per heavy atom. The van der Waals surface area contributed by atoms with E-state index in [2.05, 4.69) is 5.32 Å². The minimum absolute atomic E-state index is 0.0257. The van der Waals surface area contributed by atoms with Gasteiger partial charge in [-0.3, -0.25) is 19.6 Å². The third-order valence-electron chi connectivity index (χ3n) is 2.54. The maximum atomic E-state index is 11.9. The fourth-order valence-electron chi connectivity index (χ4n) is 1.57. The first-order valence-corrected chi connectivity index (χ1v) is 5.59. The molecule has 0 aliphatic heterocycles. The molecule has 0 atom stereocenters. The number of hydrogen-bond donors (Lipinski definition) is 5. The summed E-state index contributed by atoms with van der Waals surface area (Å²) in [6.07, 6.45) is 0. The van der Waals surface area contributed by atoms with E-state index in [1.807, 2.05) is 4.98 Å². The number of hydrogen-bond acceptors (Lipinski definition) is 5. The minimum atomic E-state index is -1.12. The molecule has 0 unspecified atom stereocenters. The van der Waals surface area contributed by atoms with Crippen LogP contribution in [-0.2, 0) is 0 Å². The van der Waals surface area contributed by atoms with E-state index in [9.17, 15) is 24.3 Å². The molecular formula is C12H9N3O6. The lowest BCUT2D eigenvalue weighted by Crippen LogP contribution is -2.30. The van der Waals surface area contributed by atoms with Crippen molar-refractivity contribution in [3.63, 3.8) is 0 Å². The highest BCUT2D eigenvalue weighted by atomic mass is 16.4. The SMILES string of the molecule is O=C(O)c1ccc(NC(=O)c2c(O)[nH]c(=O)[nH]c2=O)cc1. The Morgan fingerprint density at radius 3 is 2.19 bits per heavy atom. The molecule has 9 nitrogen and oxygen atoms in total. The van der Waals surface area contributed by atoms with Gasteiger partial charge in [-0.1, -0.05) is 0 Å². The van der Waals surface area contributed by atoms with E-state index in [4.69, 9.17) is 5.11 Å². The highest BCUT2D eigenvalue weighted by Gasteiger charge is 2.17. The molecule has 0 aliphatic rings. The Bertz CT molecular complexity index is 818. The van der Waals surface area contributed by atoms with Crippen LogP contribution in [0, 0.1) is 0 Å². The highest BCUT2D eigenvalue weighted by Crippen LogP contribution is 2.12. The first-order valence-electron chi connectivity index (χ1n) is 5.59. The average Bonchev–Trinajstić information content (AvgIpc) is 2.37. The van der Waals surface area contributed by atoms with Gasteiger partial charge in [-0.25, -0.2) is 9.59 Å². The van der Waals surface area contributed by atoms with Gasteiger partial charge < -0.3 is 15.5 Å². The molecule has 0 fully saturated rings. The quantitative estimate of drug-likeness (QED) is 0.524. The Hall–Kier alpha value is -3.36. The van der Waals surface area contributed by atoms with Crippen LogP contribution in [0.15, 0.2) is 33.9 Å². The van der Waals surface area contributed by atoms with Crippen molar-refractivity contribution in [1.82, 2.24) is 9.97 Å². The number of aromatic hydroxyl groups is 1. The molecule has 2 aromatic rings. The zero-order valence-corrected chi connectivity index (χ0v) is 10.3. The number of aromatic nitrogens is 2. The molecule has 108 valence electrons. The number of nitrogens with one attached hydrogen (secondary N) is 3. The van der Waals surface area contributed by atoms with Crippen molar-refractivity contribution in [3.05, 3.63) is 56.2 Å². The van der Waals surface area contributed by atoms with Crippen molar-refractivity contribution in [2.75, 3.05) is 5.32 Å². The predicted octanol–water partition coefficient (Wildman–Crippen LogP) is -0.281. The van der Waals surface area contributed by atoms with Crippen molar-refractivity contribution in [2.24, 2.45) is 0 Å². The molecule has 5 N–H and O–H groups in total. The van der Waals surface area contributed by atoms with Gasteiger partial charge in [0.15, 0.2) is 5.56 Å². The first kappa shape index (κ1) is 14.1. The predicted molar refractivity (Wildman–Crippen MR) is 70.7 cm³/mol. The molecule has 0 saturated heterocycles. The van der Waals surface area contributed by atoms with E-state index in [0.717, 1.165) is 0 Å². The van der Waals surface area contributed by atoms with E-state index in [1.165, 1.54) is 24.3 Å². The van der Waals surface area contributed by atoms with E-state index in [1.54, 1.807) is 4.98 Å². The topological polar surface area (TPSA) is 152 Å². The molecule has 1 heterocycles. The van der Waals surface area contributed by atoms with Crippen LogP contribution in [0.5, 0.6) is 5.88 Å². The number of carboxylic acids is 1. The molecule has 9 heteroatoms. The maximum Gasteiger partial charge on any atom is 0.335 e. The number of H-pyrrole nitrogens is 2. The van der Waals surface area contributed by atoms with E-state index in [0.29, 0.717) is 0 Å². The molecule has 0 spiro atoms. The molecule has 1 aromatic heterocycles. The number of aromatic amines is 2. The second-order valence-electron chi connectivity index (χ2n) is 3.97. The Kier molecular flexibility index (Phi) is 3.57. The normalized spacial score (nSPS) is 10.1. The van der Waals surface area contributed by atoms with Crippen LogP contribution in [0.25, 0.3) is 0 Å². The lowest BCUT2D eigenvalue weighted by Gasteiger charge is -2.05. The number of carbonyl (C=O) groups excluding carboxylic acids is 1. The van der Waals surface area contributed by atoms with E-state index < -0.39 is 34.6 Å². The molecule has 1 aromatic carbocycles. The number of carbonyl (C=O) groups is 2. The largest absolute Gasteiger partial charge is 0.494 e. The third-order valence-corrected chi connectivity index (χ3v) is 2.54. The highest BCUT2D eigenvalue weighted by molar-refractivity contribution is 6.05. The summed E-state index contributed by atoms with van der Waals surface area (Å²) in [5.74, 6) is -2.93. The number of benzene rings is 1. The van der Waals surface area contributed by atoms with E-state index >= 15 is 0 Å². The standard InChI is InChI=1S/C12H9N3O6/c16-8(7-9(17)14-12(21)15-10(7)18)13-6-3-1-5(2-4-6)11(19)20/h1-4H,(H,13,16)(H,19,20)(H3,14,15,17,18,21). The zero-order valence-electron chi connectivity index (χ0n) is 10.3. The van der Waals surface area contributed by atoms with Crippen LogP contribution < -0.4 is 16.6 Å². The van der Waals surface area contributed by atoms with Gasteiger partial charge in [-0.05, 0) is 24.3 Å². The van der Waals surface area contributed by atoms with Crippen molar-refractivity contribution < 1.29 is 19.8 Å². The summed E-state index contributed by atoms with van der Waals surface area (Å²) in [5, 5.41) is 20.4. The van der Waals surface area contributed by atoms with Gasteiger partial charge in [-0.2, -0.15) is 0 Å². The third kappa shape index (κ3) is 2.97. The lowest BCUT2D eigenvalue weighted by atomic mass is 10.2. The van der Waals surface area contributed by atoms with Crippen LogP contribution in [0.4, 0.5) is 5.69 Å². The van der Waals surface area contributed by atoms with Gasteiger partial charge >= 0.3 is 11.7 Å². The summed E-state index contributed by atoms with van der Waals surface area (Å²) < 4.78 is 0. The average molecular weight is 291 g/mol. The number of amides is 1. The first-order chi connectivity index (χ1) is 9.88. The summed E-state index contributed by atoms with van der Waals surface area (Å²) in [4.78, 5) is 48.6. The molecule has 0 aliphatic carbocycles. The van der Waals surface area contributed by atoms with E-state index in [-0.39, 0.29) is 11.3 Å². The second-order valence-corrected chi connectivity index (χ2v) is 3.97. The summed E-state index contributed by atoms with van der Waals surface area (Å²) in [5.41, 5.74) is -2.40. The Labute approximate surface area is 115 Å². The molecule has 0 bridgehead atoms. The molecule has 0 saturated carbocycles. The van der Waals surface area contributed by atoms with Crippen LogP contribution >= 0.6 is 0 Å². The zero-order chi connectivity index (χ0) is 15.6. The number of rotatable bonds is 3. The van der Waals surface area contributed by atoms with Gasteiger partial charge in [0.05, 0.1) is 5.56 Å². The molecule has 2 rings (SSSR count). The van der Waals surface area contributed by atoms with Crippen LogP contribution in [0.3, 0.4) is 0 Å². The van der Waals surface area contributed by atoms with Crippen molar-refractivity contribution in [2.45, 2.75) is 0 Å². The maximum absolute atomic E-state index is 11.9. The van der Waals surface area contributed by atoms with Crippen LogP contribution in [0.1, 0.15) is 20.7 Å². The van der Waals surface area contributed by atoms with Gasteiger partial charge in [-0.15, -0.1) is 0 Å². The lowest BCUT2D eigenvalue weighted by molar-refractivity contribution is 0.0696. The fraction of sp³-hybridized carbons (Fsp3) is 0. The van der Waals surface area contributed by atoms with Crippen LogP contribution in [-0.4, -0.2) is 32.1 Å². The van der Waals surface area contributed by atoms with Gasteiger partial charge in [0.2, 0.25) is 5.88 Å². The van der Waals surface area contributed by atoms with Crippen molar-refractivity contribution in [3.8, 4) is 5.88 Å². The smallest absolute Gasteiger partial charge is 0.335 e. The molecule has 0 radical (unpaired) electrons. The summed E-state index contributed by atoms with van der Waals surface area (Å²) in [6, 6.07) is 5.15. The minimum Gasteiger partial charge on any atom is -0.494 e. The van der Waals surface area contributed by atoms with Crippen molar-refractivity contribution >= 4 is 17.6 Å². The van der Waals surface area contributed by atoms with Gasteiger partial charge in [0, 0.05) is 5.69 Å². The molecule has 21 heavy (non-hydrogen) atoms. The van der Waals surface area contributed by atoms with Crippen LogP contribution in [0.2, 0.25) is 0 Å².